The maximum Gasteiger partial charge on any atom is 0.222 e. The Balaban J connectivity index is 2.47. The molecule has 1 heterocycles. The van der Waals surface area contributed by atoms with E-state index in [9.17, 15) is 0 Å². The topological polar surface area (TPSA) is 78.1 Å². The van der Waals surface area contributed by atoms with Crippen LogP contribution in [0.5, 0.6) is 0 Å². The van der Waals surface area contributed by atoms with Crippen LogP contribution in [-0.2, 0) is 0 Å². The normalized spacial score (nSPS) is 10.4. The molecular formula is C9H8BrN3O. The highest BCUT2D eigenvalue weighted by Gasteiger charge is 2.05. The van der Waals surface area contributed by atoms with Gasteiger partial charge in [-0.1, -0.05) is 11.2 Å². The first-order valence-electron chi connectivity index (χ1n) is 3.94. The third kappa shape index (κ3) is 1.58. The van der Waals surface area contributed by atoms with E-state index in [1.807, 2.05) is 12.1 Å². The largest absolute Gasteiger partial charge is 0.398 e. The molecule has 0 spiro atoms. The lowest BCUT2D eigenvalue weighted by Gasteiger charge is -1.99. The molecule has 0 unspecified atom stereocenters. The summed E-state index contributed by atoms with van der Waals surface area (Å²) in [7, 11) is 0. The predicted octanol–water partition coefficient (Wildman–Crippen LogP) is 2.27. The Hall–Kier alpha value is -1.49. The third-order valence-electron chi connectivity index (χ3n) is 1.82. The SMILES string of the molecule is Nc1cc(-c2ccc(Br)c(N)c2)no1. The molecule has 2 aromatic rings. The van der Waals surface area contributed by atoms with Crippen LogP contribution in [0.15, 0.2) is 33.3 Å². The number of hydrogen-bond acceptors (Lipinski definition) is 4. The van der Waals surface area contributed by atoms with E-state index in [-0.39, 0.29) is 0 Å². The van der Waals surface area contributed by atoms with Crippen LogP contribution in [0.2, 0.25) is 0 Å². The minimum absolute atomic E-state index is 0.293. The summed E-state index contributed by atoms with van der Waals surface area (Å²) in [5.74, 6) is 0.293. The summed E-state index contributed by atoms with van der Waals surface area (Å²) in [6, 6.07) is 7.21. The zero-order valence-electron chi connectivity index (χ0n) is 7.20. The Bertz CT molecular complexity index is 467. The lowest BCUT2D eigenvalue weighted by Crippen LogP contribution is -1.87. The molecule has 0 saturated carbocycles. The fraction of sp³-hybridized carbons (Fsp3) is 0. The number of nitrogen functional groups attached to an aromatic ring is 2. The summed E-state index contributed by atoms with van der Waals surface area (Å²) in [4.78, 5) is 0. The van der Waals surface area contributed by atoms with E-state index in [0.717, 1.165) is 10.0 Å². The Morgan fingerprint density at radius 2 is 2.00 bits per heavy atom. The highest BCUT2D eigenvalue weighted by molar-refractivity contribution is 9.10. The maximum atomic E-state index is 5.73. The summed E-state index contributed by atoms with van der Waals surface area (Å²) < 4.78 is 5.62. The quantitative estimate of drug-likeness (QED) is 0.765. The molecule has 1 aromatic heterocycles. The monoisotopic (exact) mass is 253 g/mol. The number of nitrogens with zero attached hydrogens (tertiary/aromatic N) is 1. The molecule has 4 nitrogen and oxygen atoms in total. The molecular weight excluding hydrogens is 246 g/mol. The van der Waals surface area contributed by atoms with Crippen molar-refractivity contribution in [2.75, 3.05) is 11.5 Å². The number of anilines is 2. The molecule has 1 aromatic carbocycles. The Morgan fingerprint density at radius 1 is 1.21 bits per heavy atom. The summed E-state index contributed by atoms with van der Waals surface area (Å²) in [5.41, 5.74) is 13.4. The maximum absolute atomic E-state index is 5.73. The van der Waals surface area contributed by atoms with Crippen molar-refractivity contribution >= 4 is 27.5 Å². The summed E-state index contributed by atoms with van der Waals surface area (Å²) in [6.45, 7) is 0. The molecule has 0 aliphatic carbocycles. The van der Waals surface area contributed by atoms with Gasteiger partial charge >= 0.3 is 0 Å². The minimum atomic E-state index is 0.293. The average molecular weight is 254 g/mol. The molecule has 0 saturated heterocycles. The Kier molecular flexibility index (Phi) is 2.17. The van der Waals surface area contributed by atoms with Crippen molar-refractivity contribution in [3.8, 4) is 11.3 Å². The van der Waals surface area contributed by atoms with E-state index in [2.05, 4.69) is 21.1 Å². The van der Waals surface area contributed by atoms with E-state index in [4.69, 9.17) is 16.0 Å². The molecule has 0 aliphatic rings. The van der Waals surface area contributed by atoms with Crippen molar-refractivity contribution in [2.24, 2.45) is 0 Å². The fourth-order valence-electron chi connectivity index (χ4n) is 1.13. The number of rotatable bonds is 1. The van der Waals surface area contributed by atoms with Gasteiger partial charge < -0.3 is 16.0 Å². The second-order valence-electron chi connectivity index (χ2n) is 2.85. The molecule has 14 heavy (non-hydrogen) atoms. The van der Waals surface area contributed by atoms with Gasteiger partial charge in [-0.25, -0.2) is 0 Å². The summed E-state index contributed by atoms with van der Waals surface area (Å²) in [5, 5.41) is 3.79. The molecule has 5 heteroatoms. The highest BCUT2D eigenvalue weighted by Crippen LogP contribution is 2.26. The number of benzene rings is 1. The zero-order valence-corrected chi connectivity index (χ0v) is 8.78. The van der Waals surface area contributed by atoms with E-state index in [0.29, 0.717) is 17.3 Å². The van der Waals surface area contributed by atoms with Gasteiger partial charge in [-0.3, -0.25) is 0 Å². The van der Waals surface area contributed by atoms with Crippen LogP contribution in [0.3, 0.4) is 0 Å². The summed E-state index contributed by atoms with van der Waals surface area (Å²) in [6.07, 6.45) is 0. The standard InChI is InChI=1S/C9H8BrN3O/c10-6-2-1-5(3-7(6)11)8-4-9(12)14-13-8/h1-4H,11-12H2. The van der Waals surface area contributed by atoms with Crippen LogP contribution in [0.1, 0.15) is 0 Å². The van der Waals surface area contributed by atoms with Crippen LogP contribution in [0.25, 0.3) is 11.3 Å². The van der Waals surface area contributed by atoms with Gasteiger partial charge in [0.25, 0.3) is 0 Å². The van der Waals surface area contributed by atoms with Crippen molar-refractivity contribution in [1.29, 1.82) is 0 Å². The lowest BCUT2D eigenvalue weighted by atomic mass is 10.1. The first kappa shape index (κ1) is 9.08. The first-order valence-corrected chi connectivity index (χ1v) is 4.74. The Labute approximate surface area is 89.0 Å². The number of halogens is 1. The van der Waals surface area contributed by atoms with E-state index >= 15 is 0 Å². The van der Waals surface area contributed by atoms with Crippen LogP contribution in [0, 0.1) is 0 Å². The van der Waals surface area contributed by atoms with E-state index in [1.165, 1.54) is 0 Å². The molecule has 0 aliphatic heterocycles. The van der Waals surface area contributed by atoms with Crippen LogP contribution in [-0.4, -0.2) is 5.16 Å². The third-order valence-corrected chi connectivity index (χ3v) is 2.54. The van der Waals surface area contributed by atoms with Gasteiger partial charge in [0, 0.05) is 21.8 Å². The minimum Gasteiger partial charge on any atom is -0.398 e. The molecule has 0 fully saturated rings. The highest BCUT2D eigenvalue weighted by atomic mass is 79.9. The van der Waals surface area contributed by atoms with E-state index in [1.54, 1.807) is 12.1 Å². The average Bonchev–Trinajstić information content (AvgIpc) is 2.57. The number of aromatic nitrogens is 1. The number of hydrogen-bond donors (Lipinski definition) is 2. The van der Waals surface area contributed by atoms with Gasteiger partial charge in [0.15, 0.2) is 0 Å². The molecule has 72 valence electrons. The fourth-order valence-corrected chi connectivity index (χ4v) is 1.38. The van der Waals surface area contributed by atoms with Crippen molar-refractivity contribution in [3.05, 3.63) is 28.7 Å². The molecule has 0 amide bonds. The number of nitrogens with two attached hydrogens (primary N) is 2. The van der Waals surface area contributed by atoms with Gasteiger partial charge in [0.05, 0.1) is 0 Å². The van der Waals surface area contributed by atoms with Crippen molar-refractivity contribution < 1.29 is 4.52 Å². The van der Waals surface area contributed by atoms with Gasteiger partial charge in [0.1, 0.15) is 5.69 Å². The van der Waals surface area contributed by atoms with Crippen molar-refractivity contribution in [1.82, 2.24) is 5.16 Å². The molecule has 0 atom stereocenters. The zero-order chi connectivity index (χ0) is 10.1. The molecule has 4 N–H and O–H groups in total. The predicted molar refractivity (Wildman–Crippen MR) is 58.5 cm³/mol. The van der Waals surface area contributed by atoms with Gasteiger partial charge in [-0.2, -0.15) is 0 Å². The van der Waals surface area contributed by atoms with E-state index < -0.39 is 0 Å². The second kappa shape index (κ2) is 3.34. The van der Waals surface area contributed by atoms with Crippen LogP contribution < -0.4 is 11.5 Å². The summed E-state index contributed by atoms with van der Waals surface area (Å²) >= 11 is 3.31. The van der Waals surface area contributed by atoms with Crippen molar-refractivity contribution in [3.63, 3.8) is 0 Å². The van der Waals surface area contributed by atoms with Crippen molar-refractivity contribution in [2.45, 2.75) is 0 Å². The van der Waals surface area contributed by atoms with Crippen LogP contribution >= 0.6 is 15.9 Å². The Morgan fingerprint density at radius 3 is 2.57 bits per heavy atom. The first-order chi connectivity index (χ1) is 6.66. The second-order valence-corrected chi connectivity index (χ2v) is 3.71. The molecule has 0 radical (unpaired) electrons. The van der Waals surface area contributed by atoms with Gasteiger partial charge in [0.2, 0.25) is 5.88 Å². The van der Waals surface area contributed by atoms with Crippen LogP contribution in [0.4, 0.5) is 11.6 Å². The smallest absolute Gasteiger partial charge is 0.222 e. The van der Waals surface area contributed by atoms with Gasteiger partial charge in [-0.05, 0) is 28.1 Å². The molecule has 0 bridgehead atoms. The lowest BCUT2D eigenvalue weighted by molar-refractivity contribution is 0.439. The van der Waals surface area contributed by atoms with Gasteiger partial charge in [-0.15, -0.1) is 0 Å². The molecule has 2 rings (SSSR count).